The maximum atomic E-state index is 13.3. The first-order valence-electron chi connectivity index (χ1n) is 7.34. The molecule has 9 heteroatoms. The van der Waals surface area contributed by atoms with Crippen molar-refractivity contribution < 1.29 is 23.8 Å². The zero-order chi connectivity index (χ0) is 18.0. The van der Waals surface area contributed by atoms with Gasteiger partial charge in [-0.1, -0.05) is 23.7 Å². The smallest absolute Gasteiger partial charge is 0.357 e. The molecule has 0 spiro atoms. The van der Waals surface area contributed by atoms with E-state index in [1.807, 2.05) is 0 Å². The molecular weight excluding hydrogens is 353 g/mol. The van der Waals surface area contributed by atoms with Crippen molar-refractivity contribution in [3.05, 3.63) is 52.4 Å². The summed E-state index contributed by atoms with van der Waals surface area (Å²) in [5.41, 5.74) is -0.0202. The van der Waals surface area contributed by atoms with Crippen molar-refractivity contribution in [2.24, 2.45) is 0 Å². The molecule has 25 heavy (non-hydrogen) atoms. The van der Waals surface area contributed by atoms with Crippen molar-refractivity contribution in [2.75, 3.05) is 11.9 Å². The van der Waals surface area contributed by atoms with E-state index in [0.29, 0.717) is 23.8 Å². The van der Waals surface area contributed by atoms with Crippen LogP contribution in [0, 0.1) is 5.82 Å². The molecule has 0 bridgehead atoms. The number of hydrogen-bond donors (Lipinski definition) is 3. The SMILES string of the molecule is O=C(Nc1ccc(F)c(C(=O)O)n1)N[C@H]1CCOc2c(Cl)cccc21. The molecule has 3 N–H and O–H groups in total. The minimum absolute atomic E-state index is 0.0744. The van der Waals surface area contributed by atoms with Crippen LogP contribution < -0.4 is 15.4 Å². The normalized spacial score (nSPS) is 15.7. The van der Waals surface area contributed by atoms with Gasteiger partial charge in [-0.3, -0.25) is 5.32 Å². The van der Waals surface area contributed by atoms with E-state index in [-0.39, 0.29) is 11.9 Å². The number of carboxylic acid groups (broad SMARTS) is 1. The lowest BCUT2D eigenvalue weighted by Crippen LogP contribution is -2.35. The van der Waals surface area contributed by atoms with Crippen LogP contribution in [0.4, 0.5) is 15.0 Å². The number of carbonyl (C=O) groups is 2. The van der Waals surface area contributed by atoms with Crippen LogP contribution in [0.5, 0.6) is 5.75 Å². The summed E-state index contributed by atoms with van der Waals surface area (Å²) < 4.78 is 18.9. The molecule has 1 aliphatic heterocycles. The summed E-state index contributed by atoms with van der Waals surface area (Å²) in [7, 11) is 0. The molecule has 1 aliphatic rings. The quantitative estimate of drug-likeness (QED) is 0.775. The number of rotatable bonds is 3. The van der Waals surface area contributed by atoms with Crippen molar-refractivity contribution in [1.29, 1.82) is 0 Å². The Morgan fingerprint density at radius 3 is 2.88 bits per heavy atom. The first-order valence-corrected chi connectivity index (χ1v) is 7.72. The van der Waals surface area contributed by atoms with Crippen LogP contribution in [0.15, 0.2) is 30.3 Å². The summed E-state index contributed by atoms with van der Waals surface area (Å²) in [5, 5.41) is 14.5. The second-order valence-electron chi connectivity index (χ2n) is 5.28. The number of nitrogens with zero attached hydrogens (tertiary/aromatic N) is 1. The molecule has 0 saturated carbocycles. The number of amides is 2. The Balaban J connectivity index is 1.73. The Bertz CT molecular complexity index is 846. The van der Waals surface area contributed by atoms with Gasteiger partial charge in [-0.05, 0) is 18.2 Å². The van der Waals surface area contributed by atoms with E-state index in [1.54, 1.807) is 18.2 Å². The molecule has 130 valence electrons. The molecular formula is C16H13ClFN3O4. The Labute approximate surface area is 146 Å². The van der Waals surface area contributed by atoms with E-state index in [9.17, 15) is 14.0 Å². The molecule has 2 amide bonds. The monoisotopic (exact) mass is 365 g/mol. The molecule has 0 aliphatic carbocycles. The molecule has 3 rings (SSSR count). The molecule has 0 fully saturated rings. The number of carbonyl (C=O) groups excluding carboxylic acids is 1. The summed E-state index contributed by atoms with van der Waals surface area (Å²) >= 11 is 6.08. The molecule has 0 unspecified atom stereocenters. The minimum Gasteiger partial charge on any atom is -0.492 e. The van der Waals surface area contributed by atoms with Gasteiger partial charge in [0.05, 0.1) is 17.7 Å². The molecule has 1 atom stereocenters. The number of anilines is 1. The fraction of sp³-hybridized carbons (Fsp3) is 0.188. The molecule has 2 aromatic rings. The lowest BCUT2D eigenvalue weighted by molar-refractivity contribution is 0.0685. The van der Waals surface area contributed by atoms with E-state index in [1.165, 1.54) is 6.07 Å². The highest BCUT2D eigenvalue weighted by atomic mass is 35.5. The lowest BCUT2D eigenvalue weighted by Gasteiger charge is -2.27. The van der Waals surface area contributed by atoms with E-state index < -0.39 is 23.5 Å². The number of aromatic nitrogens is 1. The number of aromatic carboxylic acids is 1. The van der Waals surface area contributed by atoms with Crippen molar-refractivity contribution in [2.45, 2.75) is 12.5 Å². The van der Waals surface area contributed by atoms with Gasteiger partial charge in [0.1, 0.15) is 11.6 Å². The van der Waals surface area contributed by atoms with Crippen molar-refractivity contribution in [3.63, 3.8) is 0 Å². The fourth-order valence-electron chi connectivity index (χ4n) is 2.51. The van der Waals surface area contributed by atoms with Gasteiger partial charge >= 0.3 is 12.0 Å². The molecule has 1 aromatic heterocycles. The average Bonchev–Trinajstić information content (AvgIpc) is 2.57. The molecule has 1 aromatic carbocycles. The summed E-state index contributed by atoms with van der Waals surface area (Å²) in [6, 6.07) is 6.41. The highest BCUT2D eigenvalue weighted by Crippen LogP contribution is 2.37. The van der Waals surface area contributed by atoms with Crippen LogP contribution in [0.2, 0.25) is 5.02 Å². The van der Waals surface area contributed by atoms with Crippen LogP contribution >= 0.6 is 11.6 Å². The standard InChI is InChI=1S/C16H13ClFN3O4/c17-9-3-1-2-8-11(6-7-25-14(8)9)19-16(24)21-12-5-4-10(18)13(20-12)15(22)23/h1-5,11H,6-7H2,(H,22,23)(H2,19,20,21,24)/t11-/m0/s1. The number of nitrogens with one attached hydrogen (secondary N) is 2. The zero-order valence-electron chi connectivity index (χ0n) is 12.8. The van der Waals surface area contributed by atoms with Crippen molar-refractivity contribution >= 4 is 29.4 Å². The van der Waals surface area contributed by atoms with Gasteiger partial charge in [-0.2, -0.15) is 0 Å². The van der Waals surface area contributed by atoms with E-state index in [0.717, 1.165) is 11.6 Å². The zero-order valence-corrected chi connectivity index (χ0v) is 13.5. The van der Waals surface area contributed by atoms with Crippen LogP contribution in [-0.2, 0) is 0 Å². The van der Waals surface area contributed by atoms with Gasteiger partial charge in [0.2, 0.25) is 0 Å². The molecule has 0 saturated heterocycles. The van der Waals surface area contributed by atoms with Crippen LogP contribution in [0.25, 0.3) is 0 Å². The highest BCUT2D eigenvalue weighted by molar-refractivity contribution is 6.32. The number of urea groups is 1. The number of pyridine rings is 1. The van der Waals surface area contributed by atoms with Gasteiger partial charge in [0.15, 0.2) is 11.5 Å². The van der Waals surface area contributed by atoms with Crippen LogP contribution in [-0.4, -0.2) is 28.7 Å². The average molecular weight is 366 g/mol. The van der Waals surface area contributed by atoms with Gasteiger partial charge < -0.3 is 15.2 Å². The van der Waals surface area contributed by atoms with Crippen molar-refractivity contribution in [3.8, 4) is 5.75 Å². The Morgan fingerprint density at radius 1 is 1.32 bits per heavy atom. The number of hydrogen-bond acceptors (Lipinski definition) is 4. The first-order chi connectivity index (χ1) is 12.0. The third kappa shape index (κ3) is 3.63. The van der Waals surface area contributed by atoms with Crippen LogP contribution in [0.1, 0.15) is 28.5 Å². The van der Waals surface area contributed by atoms with Gasteiger partial charge in [-0.25, -0.2) is 19.0 Å². The number of ether oxygens (including phenoxy) is 1. The largest absolute Gasteiger partial charge is 0.492 e. The number of carboxylic acids is 1. The maximum Gasteiger partial charge on any atom is 0.357 e. The molecule has 0 radical (unpaired) electrons. The minimum atomic E-state index is -1.52. The second kappa shape index (κ2) is 6.94. The fourth-order valence-corrected chi connectivity index (χ4v) is 2.75. The van der Waals surface area contributed by atoms with Crippen LogP contribution in [0.3, 0.4) is 0 Å². The topological polar surface area (TPSA) is 101 Å². The van der Waals surface area contributed by atoms with E-state index in [4.69, 9.17) is 21.4 Å². The second-order valence-corrected chi connectivity index (χ2v) is 5.69. The summed E-state index contributed by atoms with van der Waals surface area (Å²) in [6.45, 7) is 0.389. The lowest BCUT2D eigenvalue weighted by atomic mass is 10.0. The Kier molecular flexibility index (Phi) is 4.71. The maximum absolute atomic E-state index is 13.3. The summed E-state index contributed by atoms with van der Waals surface area (Å²) in [4.78, 5) is 26.6. The third-order valence-electron chi connectivity index (χ3n) is 3.62. The number of halogens is 2. The number of fused-ring (bicyclic) bond motifs is 1. The molecule has 2 heterocycles. The van der Waals surface area contributed by atoms with Gasteiger partial charge in [0.25, 0.3) is 0 Å². The number of para-hydroxylation sites is 1. The molecule has 7 nitrogen and oxygen atoms in total. The Hall–Kier alpha value is -2.87. The number of benzene rings is 1. The van der Waals surface area contributed by atoms with E-state index >= 15 is 0 Å². The predicted octanol–water partition coefficient (Wildman–Crippen LogP) is 3.22. The van der Waals surface area contributed by atoms with Gasteiger partial charge in [0, 0.05) is 12.0 Å². The van der Waals surface area contributed by atoms with Gasteiger partial charge in [-0.15, -0.1) is 0 Å². The Morgan fingerprint density at radius 2 is 2.12 bits per heavy atom. The van der Waals surface area contributed by atoms with Crippen molar-refractivity contribution in [1.82, 2.24) is 10.3 Å². The highest BCUT2D eigenvalue weighted by Gasteiger charge is 2.25. The third-order valence-corrected chi connectivity index (χ3v) is 3.92. The van der Waals surface area contributed by atoms with E-state index in [2.05, 4.69) is 15.6 Å². The summed E-state index contributed by atoms with van der Waals surface area (Å²) in [6.07, 6.45) is 0.540. The predicted molar refractivity (Wildman–Crippen MR) is 87.6 cm³/mol. The summed E-state index contributed by atoms with van der Waals surface area (Å²) in [5.74, 6) is -2.05. The first kappa shape index (κ1) is 17.0.